The summed E-state index contributed by atoms with van der Waals surface area (Å²) in [5.74, 6) is -0.918. The molecule has 0 aliphatic carbocycles. The number of carboxylic acids is 1. The Labute approximate surface area is 138 Å². The Morgan fingerprint density at radius 3 is 2.71 bits per heavy atom. The van der Waals surface area contributed by atoms with E-state index in [4.69, 9.17) is 9.84 Å². The van der Waals surface area contributed by atoms with Crippen molar-refractivity contribution in [3.05, 3.63) is 34.0 Å². The monoisotopic (exact) mass is 333 g/mol. The predicted octanol–water partition coefficient (Wildman–Crippen LogP) is 1.94. The molecule has 1 aliphatic heterocycles. The highest BCUT2D eigenvalue weighted by Gasteiger charge is 2.24. The highest BCUT2D eigenvalue weighted by Crippen LogP contribution is 2.37. The maximum absolute atomic E-state index is 11.4. The molecule has 0 atom stereocenters. The largest absolute Gasteiger partial charge is 0.481 e. The number of nitro groups is 1. The third-order valence-electron chi connectivity index (χ3n) is 4.31. The van der Waals surface area contributed by atoms with Crippen LogP contribution in [-0.2, 0) is 23.0 Å². The predicted molar refractivity (Wildman–Crippen MR) is 88.6 cm³/mol. The maximum Gasteiger partial charge on any atom is 0.303 e. The first-order valence-electron chi connectivity index (χ1n) is 7.79. The van der Waals surface area contributed by atoms with Crippen LogP contribution < -0.4 is 4.90 Å². The van der Waals surface area contributed by atoms with E-state index in [0.717, 1.165) is 24.3 Å². The summed E-state index contributed by atoms with van der Waals surface area (Å²) in [6, 6.07) is 3.28. The minimum Gasteiger partial charge on any atom is -0.481 e. The minimum absolute atomic E-state index is 0.0167. The number of rotatable bonds is 5. The van der Waals surface area contributed by atoms with Gasteiger partial charge in [-0.2, -0.15) is 0 Å². The zero-order valence-corrected chi connectivity index (χ0v) is 13.4. The molecule has 0 saturated carbocycles. The van der Waals surface area contributed by atoms with Gasteiger partial charge >= 0.3 is 5.97 Å². The van der Waals surface area contributed by atoms with Crippen LogP contribution in [0.4, 0.5) is 11.4 Å². The molecule has 0 amide bonds. The SMILES string of the molecule is Cn1cc(CCC(=O)O)c2c([N+](=O)[O-])ccc(N3CCOCC3)c21. The Balaban J connectivity index is 2.16. The number of benzene rings is 1. The van der Waals surface area contributed by atoms with Crippen LogP contribution in [0, 0.1) is 10.1 Å². The fourth-order valence-corrected chi connectivity index (χ4v) is 3.25. The van der Waals surface area contributed by atoms with Gasteiger partial charge in [-0.25, -0.2) is 0 Å². The van der Waals surface area contributed by atoms with Crippen LogP contribution in [0.1, 0.15) is 12.0 Å². The number of morpholine rings is 1. The van der Waals surface area contributed by atoms with E-state index < -0.39 is 10.9 Å². The van der Waals surface area contributed by atoms with Crippen molar-refractivity contribution < 1.29 is 19.6 Å². The molecule has 3 rings (SSSR count). The number of fused-ring (bicyclic) bond motifs is 1. The average Bonchev–Trinajstić information content (AvgIpc) is 2.90. The van der Waals surface area contributed by atoms with Crippen LogP contribution in [0.15, 0.2) is 18.3 Å². The van der Waals surface area contributed by atoms with Crippen molar-refractivity contribution in [3.8, 4) is 0 Å². The Kier molecular flexibility index (Phi) is 4.39. The average molecular weight is 333 g/mol. The summed E-state index contributed by atoms with van der Waals surface area (Å²) < 4.78 is 7.23. The van der Waals surface area contributed by atoms with Crippen molar-refractivity contribution in [1.29, 1.82) is 0 Å². The lowest BCUT2D eigenvalue weighted by molar-refractivity contribution is -0.383. The highest BCUT2D eigenvalue weighted by molar-refractivity contribution is 6.01. The molecule has 128 valence electrons. The van der Waals surface area contributed by atoms with Crippen LogP contribution in [0.25, 0.3) is 10.9 Å². The summed E-state index contributed by atoms with van der Waals surface area (Å²) in [7, 11) is 1.83. The molecule has 8 heteroatoms. The second-order valence-electron chi connectivity index (χ2n) is 5.84. The van der Waals surface area contributed by atoms with Crippen LogP contribution in [0.5, 0.6) is 0 Å². The van der Waals surface area contributed by atoms with Gasteiger partial charge in [-0.05, 0) is 18.1 Å². The maximum atomic E-state index is 11.4. The second kappa shape index (κ2) is 6.48. The van der Waals surface area contributed by atoms with Gasteiger partial charge in [0.2, 0.25) is 0 Å². The molecule has 24 heavy (non-hydrogen) atoms. The van der Waals surface area contributed by atoms with Crippen LogP contribution in [0.2, 0.25) is 0 Å². The molecule has 1 saturated heterocycles. The van der Waals surface area contributed by atoms with E-state index in [0.29, 0.717) is 24.2 Å². The van der Waals surface area contributed by atoms with Crippen molar-refractivity contribution in [2.24, 2.45) is 7.05 Å². The number of hydrogen-bond donors (Lipinski definition) is 1. The highest BCUT2D eigenvalue weighted by atomic mass is 16.6. The number of nitro benzene ring substituents is 1. The summed E-state index contributed by atoms with van der Waals surface area (Å²) in [5.41, 5.74) is 2.40. The van der Waals surface area contributed by atoms with Gasteiger partial charge in [0, 0.05) is 38.8 Å². The number of hydrogen-bond acceptors (Lipinski definition) is 5. The molecular formula is C16H19N3O5. The molecule has 1 N–H and O–H groups in total. The molecule has 0 spiro atoms. The van der Waals surface area contributed by atoms with Gasteiger partial charge in [-0.1, -0.05) is 0 Å². The van der Waals surface area contributed by atoms with Crippen LogP contribution in [0.3, 0.4) is 0 Å². The number of aliphatic carboxylic acids is 1. The molecule has 2 heterocycles. The van der Waals surface area contributed by atoms with Crippen molar-refractivity contribution >= 4 is 28.2 Å². The van der Waals surface area contributed by atoms with E-state index >= 15 is 0 Å². The van der Waals surface area contributed by atoms with E-state index in [1.807, 2.05) is 11.6 Å². The molecule has 1 aromatic carbocycles. The molecule has 2 aromatic rings. The van der Waals surface area contributed by atoms with Gasteiger partial charge in [0.05, 0.1) is 34.7 Å². The normalized spacial score (nSPS) is 15.0. The third-order valence-corrected chi connectivity index (χ3v) is 4.31. The lowest BCUT2D eigenvalue weighted by Gasteiger charge is -2.29. The third kappa shape index (κ3) is 2.92. The van der Waals surface area contributed by atoms with Gasteiger partial charge < -0.3 is 19.3 Å². The van der Waals surface area contributed by atoms with E-state index in [1.165, 1.54) is 6.07 Å². The number of non-ortho nitro benzene ring substituents is 1. The first-order valence-corrected chi connectivity index (χ1v) is 7.79. The Morgan fingerprint density at radius 1 is 1.38 bits per heavy atom. The summed E-state index contributed by atoms with van der Waals surface area (Å²) >= 11 is 0. The Morgan fingerprint density at radius 2 is 2.08 bits per heavy atom. The molecular weight excluding hydrogens is 314 g/mol. The molecule has 8 nitrogen and oxygen atoms in total. The van der Waals surface area contributed by atoms with Crippen LogP contribution in [-0.4, -0.2) is 46.9 Å². The standard InChI is InChI=1S/C16H19N3O5/c1-17-10-11(2-5-14(20)21)15-12(19(22)23)3-4-13(16(15)17)18-6-8-24-9-7-18/h3-4,10H,2,5-9H2,1H3,(H,20,21). The van der Waals surface area contributed by atoms with E-state index in [1.54, 1.807) is 12.3 Å². The van der Waals surface area contributed by atoms with Crippen molar-refractivity contribution in [3.63, 3.8) is 0 Å². The lowest BCUT2D eigenvalue weighted by atomic mass is 10.1. The molecule has 1 aliphatic rings. The minimum atomic E-state index is -0.918. The summed E-state index contributed by atoms with van der Waals surface area (Å²) in [6.45, 7) is 2.69. The number of aromatic nitrogens is 1. The van der Waals surface area contributed by atoms with Crippen molar-refractivity contribution in [2.45, 2.75) is 12.8 Å². The van der Waals surface area contributed by atoms with Gasteiger partial charge in [0.15, 0.2) is 0 Å². The van der Waals surface area contributed by atoms with Gasteiger partial charge in [0.25, 0.3) is 5.69 Å². The molecule has 0 radical (unpaired) electrons. The fourth-order valence-electron chi connectivity index (χ4n) is 3.25. The number of carboxylic acid groups (broad SMARTS) is 1. The summed E-state index contributed by atoms with van der Waals surface area (Å²) in [4.78, 5) is 24.1. The first-order chi connectivity index (χ1) is 11.5. The molecule has 1 aromatic heterocycles. The topological polar surface area (TPSA) is 97.8 Å². The number of ether oxygens (including phenoxy) is 1. The Bertz CT molecular complexity index is 793. The Hall–Kier alpha value is -2.61. The summed E-state index contributed by atoms with van der Waals surface area (Å²) in [6.07, 6.45) is 2.00. The number of anilines is 1. The number of nitrogens with zero attached hydrogens (tertiary/aromatic N) is 3. The number of aryl methyl sites for hydroxylation is 2. The van der Waals surface area contributed by atoms with E-state index in [-0.39, 0.29) is 18.5 Å². The van der Waals surface area contributed by atoms with Gasteiger partial charge in [0.1, 0.15) is 0 Å². The summed E-state index contributed by atoms with van der Waals surface area (Å²) in [5, 5.41) is 20.9. The molecule has 0 unspecified atom stereocenters. The fraction of sp³-hybridized carbons (Fsp3) is 0.438. The van der Waals surface area contributed by atoms with Gasteiger partial charge in [-0.15, -0.1) is 0 Å². The molecule has 0 bridgehead atoms. The van der Waals surface area contributed by atoms with E-state index in [9.17, 15) is 14.9 Å². The van der Waals surface area contributed by atoms with Crippen molar-refractivity contribution in [1.82, 2.24) is 4.57 Å². The van der Waals surface area contributed by atoms with E-state index in [2.05, 4.69) is 4.90 Å². The van der Waals surface area contributed by atoms with Crippen LogP contribution >= 0.6 is 0 Å². The zero-order chi connectivity index (χ0) is 17.3. The second-order valence-corrected chi connectivity index (χ2v) is 5.84. The quantitative estimate of drug-likeness (QED) is 0.663. The smallest absolute Gasteiger partial charge is 0.303 e. The zero-order valence-electron chi connectivity index (χ0n) is 13.4. The molecule has 1 fully saturated rings. The number of carbonyl (C=O) groups is 1. The first kappa shape index (κ1) is 16.3. The lowest BCUT2D eigenvalue weighted by Crippen LogP contribution is -2.36. The van der Waals surface area contributed by atoms with Crippen molar-refractivity contribution in [2.75, 3.05) is 31.2 Å². The van der Waals surface area contributed by atoms with Gasteiger partial charge in [-0.3, -0.25) is 14.9 Å².